The number of para-hydroxylation sites is 1. The van der Waals surface area contributed by atoms with Crippen LogP contribution in [0.4, 0.5) is 0 Å². The molecule has 0 spiro atoms. The predicted molar refractivity (Wildman–Crippen MR) is 104 cm³/mol. The van der Waals surface area contributed by atoms with Gasteiger partial charge in [-0.25, -0.2) is 4.79 Å². The molecule has 3 rings (SSSR count). The molecule has 0 aliphatic carbocycles. The smallest absolute Gasteiger partial charge is 0.356 e. The summed E-state index contributed by atoms with van der Waals surface area (Å²) in [5.74, 6) is -0.266. The number of hydrogen-bond donors (Lipinski definition) is 0. The SMILES string of the molecule is COCn1c2c(c3ccccc31)C(CC=C(C)C)(CC=C(C)C)OC2=O. The second kappa shape index (κ2) is 7.12. The number of ether oxygens (including phenoxy) is 2. The molecule has 4 heteroatoms. The number of aromatic nitrogens is 1. The molecule has 0 atom stereocenters. The number of hydrogen-bond acceptors (Lipinski definition) is 3. The Hall–Kier alpha value is -2.33. The number of esters is 1. The summed E-state index contributed by atoms with van der Waals surface area (Å²) in [7, 11) is 1.64. The summed E-state index contributed by atoms with van der Waals surface area (Å²) in [6.07, 6.45) is 5.64. The maximum Gasteiger partial charge on any atom is 0.356 e. The largest absolute Gasteiger partial charge is 0.449 e. The maximum absolute atomic E-state index is 12.9. The molecular formula is C22H27NO3. The van der Waals surface area contributed by atoms with E-state index in [2.05, 4.69) is 45.9 Å². The van der Waals surface area contributed by atoms with Gasteiger partial charge >= 0.3 is 5.97 Å². The Morgan fingerprint density at radius 3 is 2.31 bits per heavy atom. The molecule has 0 fully saturated rings. The third-order valence-electron chi connectivity index (χ3n) is 4.85. The lowest BCUT2D eigenvalue weighted by atomic mass is 9.85. The predicted octanol–water partition coefficient (Wildman–Crippen LogP) is 5.32. The normalized spacial score (nSPS) is 14.9. The Bertz CT molecular complexity index is 873. The van der Waals surface area contributed by atoms with Crippen molar-refractivity contribution in [3.63, 3.8) is 0 Å². The third kappa shape index (κ3) is 3.10. The Kier molecular flexibility index (Phi) is 5.05. The molecule has 0 saturated heterocycles. The summed E-state index contributed by atoms with van der Waals surface area (Å²) in [4.78, 5) is 12.9. The average Bonchev–Trinajstić information content (AvgIpc) is 3.07. The van der Waals surface area contributed by atoms with E-state index >= 15 is 0 Å². The fraction of sp³-hybridized carbons (Fsp3) is 0.409. The maximum atomic E-state index is 12.9. The number of allylic oxidation sites excluding steroid dienone is 2. The van der Waals surface area contributed by atoms with Gasteiger partial charge in [0.2, 0.25) is 0 Å². The standard InChI is InChI=1S/C22H27NO3/c1-15(2)10-12-22(13-11-16(3)4)19-17-8-6-7-9-18(17)23(14-25-5)20(19)21(24)26-22/h6-11H,12-14H2,1-5H3. The molecule has 138 valence electrons. The van der Waals surface area contributed by atoms with E-state index in [1.54, 1.807) is 7.11 Å². The lowest BCUT2D eigenvalue weighted by molar-refractivity contribution is -0.00601. The number of benzene rings is 1. The molecule has 0 N–H and O–H groups in total. The molecule has 4 nitrogen and oxygen atoms in total. The van der Waals surface area contributed by atoms with Gasteiger partial charge in [0.1, 0.15) is 18.0 Å². The number of rotatable bonds is 6. The quantitative estimate of drug-likeness (QED) is 0.521. The van der Waals surface area contributed by atoms with Gasteiger partial charge in [0.05, 0.1) is 5.52 Å². The Labute approximate surface area is 155 Å². The summed E-state index contributed by atoms with van der Waals surface area (Å²) in [5, 5.41) is 1.06. The number of carbonyl (C=O) groups excluding carboxylic acids is 1. The molecule has 1 aromatic heterocycles. The topological polar surface area (TPSA) is 40.5 Å². The number of carbonyl (C=O) groups is 1. The minimum Gasteiger partial charge on any atom is -0.449 e. The third-order valence-corrected chi connectivity index (χ3v) is 4.85. The number of nitrogens with zero attached hydrogens (tertiary/aromatic N) is 1. The molecule has 0 saturated carbocycles. The summed E-state index contributed by atoms with van der Waals surface area (Å²) >= 11 is 0. The minimum absolute atomic E-state index is 0.266. The van der Waals surface area contributed by atoms with Crippen molar-refractivity contribution in [1.82, 2.24) is 4.57 Å². The van der Waals surface area contributed by atoms with Gasteiger partial charge in [-0.05, 0) is 33.8 Å². The van der Waals surface area contributed by atoms with Crippen molar-refractivity contribution in [3.05, 3.63) is 58.8 Å². The number of cyclic esters (lactones) is 1. The highest BCUT2D eigenvalue weighted by molar-refractivity contribution is 6.03. The first-order valence-electron chi connectivity index (χ1n) is 9.00. The van der Waals surface area contributed by atoms with E-state index in [9.17, 15) is 4.79 Å². The zero-order valence-corrected chi connectivity index (χ0v) is 16.3. The Morgan fingerprint density at radius 1 is 1.12 bits per heavy atom. The van der Waals surface area contributed by atoms with Gasteiger partial charge in [-0.15, -0.1) is 0 Å². The zero-order chi connectivity index (χ0) is 18.9. The van der Waals surface area contributed by atoms with Gasteiger partial charge in [0.15, 0.2) is 0 Å². The Balaban J connectivity index is 2.28. The highest BCUT2D eigenvalue weighted by atomic mass is 16.6. The first-order chi connectivity index (χ1) is 12.4. The molecule has 2 aromatic rings. The number of methoxy groups -OCH3 is 1. The van der Waals surface area contributed by atoms with Crippen molar-refractivity contribution in [1.29, 1.82) is 0 Å². The van der Waals surface area contributed by atoms with Crippen LogP contribution in [-0.2, 0) is 21.8 Å². The molecule has 0 amide bonds. The van der Waals surface area contributed by atoms with E-state index in [4.69, 9.17) is 9.47 Å². The van der Waals surface area contributed by atoms with Gasteiger partial charge in [-0.2, -0.15) is 0 Å². The van der Waals surface area contributed by atoms with Gasteiger partial charge < -0.3 is 14.0 Å². The first kappa shape index (κ1) is 18.5. The fourth-order valence-corrected chi connectivity index (χ4v) is 3.63. The van der Waals surface area contributed by atoms with Gasteiger partial charge in [-0.3, -0.25) is 0 Å². The second-order valence-electron chi connectivity index (χ2n) is 7.44. The van der Waals surface area contributed by atoms with E-state index in [0.717, 1.165) is 16.5 Å². The molecule has 26 heavy (non-hydrogen) atoms. The lowest BCUT2D eigenvalue weighted by Crippen LogP contribution is -2.25. The van der Waals surface area contributed by atoms with E-state index in [-0.39, 0.29) is 5.97 Å². The zero-order valence-electron chi connectivity index (χ0n) is 16.3. The van der Waals surface area contributed by atoms with Crippen LogP contribution in [0.2, 0.25) is 0 Å². The first-order valence-corrected chi connectivity index (χ1v) is 9.00. The molecule has 0 unspecified atom stereocenters. The van der Waals surface area contributed by atoms with Gasteiger partial charge in [-0.1, -0.05) is 41.5 Å². The van der Waals surface area contributed by atoms with Crippen LogP contribution >= 0.6 is 0 Å². The van der Waals surface area contributed by atoms with Crippen molar-refractivity contribution >= 4 is 16.9 Å². The van der Waals surface area contributed by atoms with Crippen molar-refractivity contribution in [2.24, 2.45) is 0 Å². The molecule has 1 aromatic carbocycles. The van der Waals surface area contributed by atoms with Crippen LogP contribution in [0.5, 0.6) is 0 Å². The Morgan fingerprint density at radius 2 is 1.73 bits per heavy atom. The average molecular weight is 353 g/mol. The van der Waals surface area contributed by atoms with Crippen LogP contribution in [0.15, 0.2) is 47.6 Å². The van der Waals surface area contributed by atoms with Gasteiger partial charge in [0.25, 0.3) is 0 Å². The highest BCUT2D eigenvalue weighted by Crippen LogP contribution is 2.47. The van der Waals surface area contributed by atoms with Crippen molar-refractivity contribution in [3.8, 4) is 0 Å². The fourth-order valence-electron chi connectivity index (χ4n) is 3.63. The molecular weight excluding hydrogens is 326 g/mol. The second-order valence-corrected chi connectivity index (χ2v) is 7.44. The van der Waals surface area contributed by atoms with E-state index in [1.165, 1.54) is 11.1 Å². The van der Waals surface area contributed by atoms with Crippen LogP contribution in [0.25, 0.3) is 10.9 Å². The summed E-state index contributed by atoms with van der Waals surface area (Å²) in [6, 6.07) is 8.10. The number of fused-ring (bicyclic) bond motifs is 3. The minimum atomic E-state index is -0.667. The molecule has 1 aliphatic rings. The van der Waals surface area contributed by atoms with Crippen LogP contribution < -0.4 is 0 Å². The molecule has 2 heterocycles. The van der Waals surface area contributed by atoms with E-state index in [1.807, 2.05) is 22.8 Å². The molecule has 0 radical (unpaired) electrons. The monoisotopic (exact) mass is 353 g/mol. The lowest BCUT2D eigenvalue weighted by Gasteiger charge is -2.27. The van der Waals surface area contributed by atoms with E-state index in [0.29, 0.717) is 25.3 Å². The van der Waals surface area contributed by atoms with Crippen molar-refractivity contribution in [2.75, 3.05) is 7.11 Å². The highest BCUT2D eigenvalue weighted by Gasteiger charge is 2.48. The summed E-state index contributed by atoms with van der Waals surface area (Å²) in [5.41, 5.74) is 4.38. The van der Waals surface area contributed by atoms with E-state index < -0.39 is 5.60 Å². The van der Waals surface area contributed by atoms with Crippen molar-refractivity contribution in [2.45, 2.75) is 52.9 Å². The van der Waals surface area contributed by atoms with Crippen molar-refractivity contribution < 1.29 is 14.3 Å². The summed E-state index contributed by atoms with van der Waals surface area (Å²) < 4.78 is 13.3. The molecule has 1 aliphatic heterocycles. The van der Waals surface area contributed by atoms with Crippen LogP contribution in [-0.4, -0.2) is 17.6 Å². The van der Waals surface area contributed by atoms with Gasteiger partial charge in [0, 0.05) is 30.9 Å². The molecule has 0 bridgehead atoms. The van der Waals surface area contributed by atoms with Crippen LogP contribution in [0.3, 0.4) is 0 Å². The van der Waals surface area contributed by atoms with Crippen LogP contribution in [0, 0.1) is 0 Å². The summed E-state index contributed by atoms with van der Waals surface area (Å²) in [6.45, 7) is 8.61. The van der Waals surface area contributed by atoms with Crippen LogP contribution in [0.1, 0.15) is 56.6 Å².